The van der Waals surface area contributed by atoms with Gasteiger partial charge in [0.15, 0.2) is 0 Å². The van der Waals surface area contributed by atoms with E-state index in [1.54, 1.807) is 34.6 Å². The molecule has 0 atom stereocenters. The fourth-order valence-corrected chi connectivity index (χ4v) is 5.05. The van der Waals surface area contributed by atoms with E-state index in [0.29, 0.717) is 30.0 Å². The molecule has 0 unspecified atom stereocenters. The van der Waals surface area contributed by atoms with Crippen LogP contribution in [0.5, 0.6) is 0 Å². The van der Waals surface area contributed by atoms with Crippen molar-refractivity contribution in [2.75, 3.05) is 30.3 Å². The lowest BCUT2D eigenvalue weighted by Crippen LogP contribution is -2.32. The predicted molar refractivity (Wildman–Crippen MR) is 117 cm³/mol. The van der Waals surface area contributed by atoms with Gasteiger partial charge < -0.3 is 10.6 Å². The van der Waals surface area contributed by atoms with E-state index in [9.17, 15) is 13.2 Å². The van der Waals surface area contributed by atoms with Crippen molar-refractivity contribution in [1.29, 1.82) is 5.26 Å². The van der Waals surface area contributed by atoms with Gasteiger partial charge in [0.25, 0.3) is 0 Å². The number of nitrogens with one attached hydrogen (secondary N) is 2. The van der Waals surface area contributed by atoms with Crippen molar-refractivity contribution < 1.29 is 13.2 Å². The molecular formula is C21H23ClN4O3S. The Balaban J connectivity index is 1.63. The lowest BCUT2D eigenvalue weighted by atomic mass is 10.2. The lowest BCUT2D eigenvalue weighted by molar-refractivity contribution is -0.114. The average molecular weight is 447 g/mol. The van der Waals surface area contributed by atoms with Crippen LogP contribution in [0.4, 0.5) is 11.4 Å². The highest BCUT2D eigenvalue weighted by Crippen LogP contribution is 2.23. The van der Waals surface area contributed by atoms with Crippen LogP contribution in [0.15, 0.2) is 47.4 Å². The number of nitriles is 1. The highest BCUT2D eigenvalue weighted by molar-refractivity contribution is 7.89. The van der Waals surface area contributed by atoms with Crippen molar-refractivity contribution in [3.05, 3.63) is 53.1 Å². The highest BCUT2D eigenvalue weighted by atomic mass is 35.5. The third kappa shape index (κ3) is 5.51. The van der Waals surface area contributed by atoms with Gasteiger partial charge in [0.1, 0.15) is 6.07 Å². The van der Waals surface area contributed by atoms with Gasteiger partial charge in [-0.25, -0.2) is 8.42 Å². The first-order valence-corrected chi connectivity index (χ1v) is 11.6. The molecule has 2 N–H and O–H groups in total. The molecule has 30 heavy (non-hydrogen) atoms. The normalized spacial score (nSPS) is 15.1. The summed E-state index contributed by atoms with van der Waals surface area (Å²) in [5.41, 5.74) is 1.34. The minimum Gasteiger partial charge on any atom is -0.376 e. The van der Waals surface area contributed by atoms with E-state index in [-0.39, 0.29) is 22.4 Å². The van der Waals surface area contributed by atoms with Gasteiger partial charge in [-0.1, -0.05) is 30.5 Å². The first-order chi connectivity index (χ1) is 14.4. The van der Waals surface area contributed by atoms with E-state index in [2.05, 4.69) is 10.6 Å². The van der Waals surface area contributed by atoms with E-state index < -0.39 is 10.0 Å². The molecule has 2 aromatic carbocycles. The van der Waals surface area contributed by atoms with E-state index in [0.717, 1.165) is 25.7 Å². The molecule has 0 radical (unpaired) electrons. The van der Waals surface area contributed by atoms with Crippen LogP contribution >= 0.6 is 11.6 Å². The maximum absolute atomic E-state index is 12.9. The van der Waals surface area contributed by atoms with Crippen LogP contribution < -0.4 is 10.6 Å². The molecule has 9 heteroatoms. The molecule has 0 spiro atoms. The molecular weight excluding hydrogens is 424 g/mol. The molecule has 0 bridgehead atoms. The molecule has 158 valence electrons. The summed E-state index contributed by atoms with van der Waals surface area (Å²) in [6.45, 7) is 1.02. The number of carbonyl (C=O) groups is 1. The number of hydrogen-bond donors (Lipinski definition) is 2. The molecule has 1 saturated heterocycles. The monoisotopic (exact) mass is 446 g/mol. The molecule has 0 saturated carbocycles. The van der Waals surface area contributed by atoms with Crippen LogP contribution in [0.2, 0.25) is 5.02 Å². The Morgan fingerprint density at radius 3 is 2.47 bits per heavy atom. The van der Waals surface area contributed by atoms with Crippen molar-refractivity contribution in [3.8, 4) is 6.07 Å². The molecule has 1 heterocycles. The van der Waals surface area contributed by atoms with E-state index in [4.69, 9.17) is 16.9 Å². The van der Waals surface area contributed by atoms with Gasteiger partial charge in [-0.3, -0.25) is 4.79 Å². The molecule has 1 aliphatic heterocycles. The van der Waals surface area contributed by atoms with Gasteiger partial charge in [0.2, 0.25) is 15.9 Å². The number of rotatable bonds is 6. The Kier molecular flexibility index (Phi) is 7.32. The van der Waals surface area contributed by atoms with Crippen LogP contribution in [0.3, 0.4) is 0 Å². The van der Waals surface area contributed by atoms with Gasteiger partial charge in [-0.15, -0.1) is 0 Å². The maximum atomic E-state index is 12.9. The minimum absolute atomic E-state index is 0.0508. The Morgan fingerprint density at radius 1 is 1.07 bits per heavy atom. The largest absolute Gasteiger partial charge is 0.376 e. The standard InChI is InChI=1S/C21H23ClN4O3S/c22-20-13-18(9-8-16(20)14-23)25-21(27)15-24-17-6-5-7-19(12-17)30(28,29)26-10-3-1-2-4-11-26/h5-9,12-13,24H,1-4,10-11,15H2,(H,25,27). The third-order valence-corrected chi connectivity index (χ3v) is 7.07. The second-order valence-electron chi connectivity index (χ2n) is 7.05. The Bertz CT molecular complexity index is 1060. The Morgan fingerprint density at radius 2 is 1.80 bits per heavy atom. The molecule has 0 aromatic heterocycles. The molecule has 1 aliphatic rings. The zero-order valence-corrected chi connectivity index (χ0v) is 18.0. The van der Waals surface area contributed by atoms with Crippen molar-refractivity contribution in [2.24, 2.45) is 0 Å². The van der Waals surface area contributed by atoms with Crippen LogP contribution in [0.25, 0.3) is 0 Å². The second kappa shape index (κ2) is 9.94. The van der Waals surface area contributed by atoms with Crippen molar-refractivity contribution >= 4 is 38.9 Å². The number of sulfonamides is 1. The van der Waals surface area contributed by atoms with Crippen LogP contribution in [-0.4, -0.2) is 38.3 Å². The first-order valence-electron chi connectivity index (χ1n) is 9.74. The fourth-order valence-electron chi connectivity index (χ4n) is 3.27. The van der Waals surface area contributed by atoms with Crippen molar-refractivity contribution in [2.45, 2.75) is 30.6 Å². The summed E-state index contributed by atoms with van der Waals surface area (Å²) < 4.78 is 27.4. The topological polar surface area (TPSA) is 102 Å². The quantitative estimate of drug-likeness (QED) is 0.702. The predicted octanol–water partition coefficient (Wildman–Crippen LogP) is 3.83. The number of carbonyl (C=O) groups excluding carboxylic acids is 1. The van der Waals surface area contributed by atoms with Crippen LogP contribution in [-0.2, 0) is 14.8 Å². The number of benzene rings is 2. The zero-order valence-electron chi connectivity index (χ0n) is 16.4. The van der Waals surface area contributed by atoms with Crippen molar-refractivity contribution in [3.63, 3.8) is 0 Å². The smallest absolute Gasteiger partial charge is 0.243 e. The fraction of sp³-hybridized carbons (Fsp3) is 0.333. The summed E-state index contributed by atoms with van der Waals surface area (Å²) in [5, 5.41) is 14.8. The molecule has 1 fully saturated rings. The molecule has 3 rings (SSSR count). The summed E-state index contributed by atoms with van der Waals surface area (Å²) in [4.78, 5) is 12.4. The average Bonchev–Trinajstić information content (AvgIpc) is 3.03. The number of amides is 1. The minimum atomic E-state index is -3.55. The molecule has 7 nitrogen and oxygen atoms in total. The summed E-state index contributed by atoms with van der Waals surface area (Å²) in [6.07, 6.45) is 3.84. The lowest BCUT2D eigenvalue weighted by Gasteiger charge is -2.20. The van der Waals surface area contributed by atoms with E-state index in [1.807, 2.05) is 6.07 Å². The first kappa shape index (κ1) is 22.1. The van der Waals surface area contributed by atoms with Crippen LogP contribution in [0, 0.1) is 11.3 Å². The van der Waals surface area contributed by atoms with Gasteiger partial charge in [-0.05, 0) is 49.2 Å². The molecule has 2 aromatic rings. The number of hydrogen-bond acceptors (Lipinski definition) is 5. The van der Waals surface area contributed by atoms with E-state index >= 15 is 0 Å². The zero-order chi connectivity index (χ0) is 21.6. The SMILES string of the molecule is N#Cc1ccc(NC(=O)CNc2cccc(S(=O)(=O)N3CCCCCC3)c2)cc1Cl. The van der Waals surface area contributed by atoms with Crippen molar-refractivity contribution in [1.82, 2.24) is 4.31 Å². The summed E-state index contributed by atoms with van der Waals surface area (Å²) in [6, 6.07) is 13.1. The second-order valence-corrected chi connectivity index (χ2v) is 9.40. The Labute approximate surface area is 181 Å². The summed E-state index contributed by atoms with van der Waals surface area (Å²) in [5.74, 6) is -0.323. The number of nitrogens with zero attached hydrogens (tertiary/aromatic N) is 2. The summed E-state index contributed by atoms with van der Waals surface area (Å²) >= 11 is 5.97. The van der Waals surface area contributed by atoms with Gasteiger partial charge >= 0.3 is 0 Å². The van der Waals surface area contributed by atoms with E-state index in [1.165, 1.54) is 12.1 Å². The number of anilines is 2. The highest BCUT2D eigenvalue weighted by Gasteiger charge is 2.25. The maximum Gasteiger partial charge on any atom is 0.243 e. The number of halogens is 1. The third-order valence-electron chi connectivity index (χ3n) is 4.86. The van der Waals surface area contributed by atoms with Gasteiger partial charge in [-0.2, -0.15) is 9.57 Å². The Hall–Kier alpha value is -2.60. The van der Waals surface area contributed by atoms with Crippen LogP contribution in [0.1, 0.15) is 31.2 Å². The van der Waals surface area contributed by atoms with Gasteiger partial charge in [0.05, 0.1) is 22.0 Å². The molecule has 1 amide bonds. The molecule has 0 aliphatic carbocycles. The summed E-state index contributed by atoms with van der Waals surface area (Å²) in [7, 11) is -3.55. The van der Waals surface area contributed by atoms with Gasteiger partial charge in [0, 0.05) is 24.5 Å².